The molecule has 2 heterocycles. The van der Waals surface area contributed by atoms with Crippen LogP contribution in [0.1, 0.15) is 28.4 Å². The average molecular weight is 448 g/mol. The van der Waals surface area contributed by atoms with Crippen LogP contribution < -0.4 is 14.2 Å². The van der Waals surface area contributed by atoms with Gasteiger partial charge in [-0.15, -0.1) is 0 Å². The van der Waals surface area contributed by atoms with E-state index in [1.807, 2.05) is 0 Å². The summed E-state index contributed by atoms with van der Waals surface area (Å²) in [4.78, 5) is 12.7. The minimum absolute atomic E-state index is 0.0705. The van der Waals surface area contributed by atoms with E-state index in [0.29, 0.717) is 11.3 Å². The van der Waals surface area contributed by atoms with Gasteiger partial charge in [0, 0.05) is 12.1 Å². The van der Waals surface area contributed by atoms with E-state index < -0.39 is 43.4 Å². The zero-order valence-corrected chi connectivity index (χ0v) is 17.1. The number of phenolic OH excluding ortho intramolecular Hbond substituents is 1. The molecule has 5 N–H and O–H groups in total. The van der Waals surface area contributed by atoms with Crippen molar-refractivity contribution in [3.63, 3.8) is 0 Å². The molecule has 1 saturated heterocycles. The summed E-state index contributed by atoms with van der Waals surface area (Å²) < 4.78 is 22.0. The van der Waals surface area contributed by atoms with Gasteiger partial charge in [0.1, 0.15) is 59.1 Å². The maximum Gasteiger partial charge on any atom is 0.229 e. The molecule has 0 aromatic heterocycles. The second kappa shape index (κ2) is 8.93. The van der Waals surface area contributed by atoms with Crippen LogP contribution in [-0.2, 0) is 4.74 Å². The van der Waals surface area contributed by atoms with E-state index in [4.69, 9.17) is 18.9 Å². The summed E-state index contributed by atoms with van der Waals surface area (Å²) in [5, 5.41) is 49.0. The summed E-state index contributed by atoms with van der Waals surface area (Å²) >= 11 is 0. The highest BCUT2D eigenvalue weighted by Crippen LogP contribution is 2.42. The number of ketones is 1. The third-order valence-electron chi connectivity index (χ3n) is 5.54. The smallest absolute Gasteiger partial charge is 0.229 e. The Hall–Kier alpha value is -2.89. The SMILES string of the molecule is COc1cc(O)cc2c1C(=O)C[C@@H](c1ccc(O[C@@H]3O[C@H](CO)[C@@H](O)[C@H](O)[C@H]3O)cc1)O2. The Kier molecular flexibility index (Phi) is 6.22. The predicted molar refractivity (Wildman–Crippen MR) is 108 cm³/mol. The molecule has 4 rings (SSSR count). The molecule has 6 atom stereocenters. The van der Waals surface area contributed by atoms with Crippen LogP contribution in [0.3, 0.4) is 0 Å². The molecule has 0 unspecified atom stereocenters. The van der Waals surface area contributed by atoms with Gasteiger partial charge in [-0.05, 0) is 17.7 Å². The number of fused-ring (bicyclic) bond motifs is 1. The Morgan fingerprint density at radius 1 is 1.06 bits per heavy atom. The molecule has 2 aromatic rings. The number of hydrogen-bond acceptors (Lipinski definition) is 10. The normalized spacial score (nSPS) is 29.7. The topological polar surface area (TPSA) is 155 Å². The quantitative estimate of drug-likeness (QED) is 0.431. The predicted octanol–water partition coefficient (Wildman–Crippen LogP) is 0.286. The number of carbonyl (C=O) groups excluding carboxylic acids is 1. The van der Waals surface area contributed by atoms with Crippen molar-refractivity contribution in [3.8, 4) is 23.0 Å². The summed E-state index contributed by atoms with van der Waals surface area (Å²) in [6.45, 7) is -0.557. The molecule has 32 heavy (non-hydrogen) atoms. The number of methoxy groups -OCH3 is 1. The molecule has 0 bridgehead atoms. The summed E-state index contributed by atoms with van der Waals surface area (Å²) in [6, 6.07) is 9.20. The van der Waals surface area contributed by atoms with Crippen molar-refractivity contribution >= 4 is 5.78 Å². The van der Waals surface area contributed by atoms with E-state index in [0.717, 1.165) is 0 Å². The number of Topliss-reactive ketones (excluding diaryl/α,β-unsaturated/α-hetero) is 1. The molecular weight excluding hydrogens is 424 g/mol. The number of rotatable bonds is 5. The van der Waals surface area contributed by atoms with Crippen molar-refractivity contribution in [2.45, 2.75) is 43.2 Å². The van der Waals surface area contributed by atoms with Crippen LogP contribution in [0.25, 0.3) is 0 Å². The number of phenols is 1. The second-order valence-electron chi connectivity index (χ2n) is 7.64. The fourth-order valence-electron chi connectivity index (χ4n) is 3.82. The third kappa shape index (κ3) is 4.10. The molecule has 10 heteroatoms. The number of aromatic hydroxyl groups is 1. The van der Waals surface area contributed by atoms with Crippen molar-refractivity contribution in [3.05, 3.63) is 47.5 Å². The molecule has 2 aromatic carbocycles. The number of aliphatic hydroxyl groups excluding tert-OH is 4. The standard InChI is InChI=1S/C22H24O10/c1-29-15-6-11(24)7-16-18(15)13(25)8-14(31-16)10-2-4-12(5-3-10)30-22-21(28)20(27)19(26)17(9-23)32-22/h2-7,14,17,19-24,26-28H,8-9H2,1H3/t14-,17+,19+,20-,21+,22+/m0/s1. The Bertz CT molecular complexity index is 973. The zero-order chi connectivity index (χ0) is 23.0. The Morgan fingerprint density at radius 3 is 2.44 bits per heavy atom. The van der Waals surface area contributed by atoms with Crippen LogP contribution in [-0.4, -0.2) is 75.7 Å². The fraction of sp³-hybridized carbons (Fsp3) is 0.409. The third-order valence-corrected chi connectivity index (χ3v) is 5.54. The number of ether oxygens (including phenoxy) is 4. The first-order valence-corrected chi connectivity index (χ1v) is 10.0. The monoisotopic (exact) mass is 448 g/mol. The molecular formula is C22H24O10. The Labute approximate surface area is 183 Å². The largest absolute Gasteiger partial charge is 0.508 e. The van der Waals surface area contributed by atoms with E-state index in [1.54, 1.807) is 24.3 Å². The van der Waals surface area contributed by atoms with Gasteiger partial charge in [0.2, 0.25) is 6.29 Å². The molecule has 0 spiro atoms. The van der Waals surface area contributed by atoms with Crippen molar-refractivity contribution in [1.82, 2.24) is 0 Å². The van der Waals surface area contributed by atoms with Gasteiger partial charge in [0.05, 0.1) is 20.1 Å². The summed E-state index contributed by atoms with van der Waals surface area (Å²) in [7, 11) is 1.41. The molecule has 10 nitrogen and oxygen atoms in total. The van der Waals surface area contributed by atoms with Gasteiger partial charge >= 0.3 is 0 Å². The van der Waals surface area contributed by atoms with E-state index in [9.17, 15) is 30.3 Å². The molecule has 2 aliphatic heterocycles. The van der Waals surface area contributed by atoms with Crippen LogP contribution in [0.4, 0.5) is 0 Å². The molecule has 0 amide bonds. The Morgan fingerprint density at radius 2 is 1.78 bits per heavy atom. The van der Waals surface area contributed by atoms with E-state index in [2.05, 4.69) is 0 Å². The lowest BCUT2D eigenvalue weighted by Gasteiger charge is -2.39. The van der Waals surface area contributed by atoms with Crippen LogP contribution in [0.2, 0.25) is 0 Å². The van der Waals surface area contributed by atoms with E-state index >= 15 is 0 Å². The summed E-state index contributed by atoms with van der Waals surface area (Å²) in [6.07, 6.45) is -7.44. The van der Waals surface area contributed by atoms with Crippen molar-refractivity contribution in [1.29, 1.82) is 0 Å². The zero-order valence-electron chi connectivity index (χ0n) is 17.1. The minimum Gasteiger partial charge on any atom is -0.508 e. The number of aliphatic hydroxyl groups is 4. The fourth-order valence-corrected chi connectivity index (χ4v) is 3.82. The lowest BCUT2D eigenvalue weighted by atomic mass is 9.95. The van der Waals surface area contributed by atoms with Crippen molar-refractivity contribution in [2.75, 3.05) is 13.7 Å². The van der Waals surface area contributed by atoms with Gasteiger partial charge in [0.25, 0.3) is 0 Å². The highest BCUT2D eigenvalue weighted by Gasteiger charge is 2.44. The minimum atomic E-state index is -1.54. The molecule has 0 saturated carbocycles. The highest BCUT2D eigenvalue weighted by molar-refractivity contribution is 6.02. The van der Waals surface area contributed by atoms with Gasteiger partial charge in [-0.3, -0.25) is 4.79 Å². The average Bonchev–Trinajstić information content (AvgIpc) is 2.78. The molecule has 0 aliphatic carbocycles. The lowest BCUT2D eigenvalue weighted by Crippen LogP contribution is -2.60. The first-order valence-electron chi connectivity index (χ1n) is 10.0. The van der Waals surface area contributed by atoms with Crippen molar-refractivity contribution in [2.24, 2.45) is 0 Å². The van der Waals surface area contributed by atoms with Crippen LogP contribution in [0.15, 0.2) is 36.4 Å². The van der Waals surface area contributed by atoms with Crippen LogP contribution >= 0.6 is 0 Å². The molecule has 2 aliphatic rings. The summed E-state index contributed by atoms with van der Waals surface area (Å²) in [5.41, 5.74) is 0.955. The lowest BCUT2D eigenvalue weighted by molar-refractivity contribution is -0.277. The van der Waals surface area contributed by atoms with Gasteiger partial charge < -0.3 is 44.5 Å². The molecule has 0 radical (unpaired) electrons. The number of hydrogen-bond donors (Lipinski definition) is 5. The maximum absolute atomic E-state index is 12.7. The van der Waals surface area contributed by atoms with Crippen molar-refractivity contribution < 1.29 is 49.3 Å². The first-order chi connectivity index (χ1) is 15.3. The Balaban J connectivity index is 1.49. The summed E-state index contributed by atoms with van der Waals surface area (Å²) in [5.74, 6) is 0.489. The molecule has 1 fully saturated rings. The molecule has 172 valence electrons. The van der Waals surface area contributed by atoms with Gasteiger partial charge in [-0.25, -0.2) is 0 Å². The van der Waals surface area contributed by atoms with Gasteiger partial charge in [0.15, 0.2) is 5.78 Å². The van der Waals surface area contributed by atoms with Crippen LogP contribution in [0, 0.1) is 0 Å². The van der Waals surface area contributed by atoms with E-state index in [-0.39, 0.29) is 35.0 Å². The van der Waals surface area contributed by atoms with E-state index in [1.165, 1.54) is 19.2 Å². The van der Waals surface area contributed by atoms with Gasteiger partial charge in [-0.2, -0.15) is 0 Å². The first kappa shape index (κ1) is 22.3. The number of carbonyl (C=O) groups is 1. The number of benzene rings is 2. The van der Waals surface area contributed by atoms with Crippen LogP contribution in [0.5, 0.6) is 23.0 Å². The second-order valence-corrected chi connectivity index (χ2v) is 7.64. The van der Waals surface area contributed by atoms with Gasteiger partial charge in [-0.1, -0.05) is 12.1 Å². The maximum atomic E-state index is 12.7. The highest BCUT2D eigenvalue weighted by atomic mass is 16.7.